The highest BCUT2D eigenvalue weighted by molar-refractivity contribution is 7.99. The Hall–Kier alpha value is -0.260. The Morgan fingerprint density at radius 2 is 2.25 bits per heavy atom. The second-order valence-electron chi connectivity index (χ2n) is 4.56. The second kappa shape index (κ2) is 5.89. The zero-order valence-electron chi connectivity index (χ0n) is 10.0. The minimum atomic E-state index is -0.327. The number of aliphatic hydroxyl groups is 1. The Balaban J connectivity index is 2.50. The normalized spacial score (nSPS) is 22.0. The molecular formula is C11H22N2O2S. The number of amides is 1. The van der Waals surface area contributed by atoms with Crippen molar-refractivity contribution in [2.75, 3.05) is 19.4 Å². The average molecular weight is 246 g/mol. The van der Waals surface area contributed by atoms with E-state index in [9.17, 15) is 4.79 Å². The summed E-state index contributed by atoms with van der Waals surface area (Å²) in [6.45, 7) is 2.44. The van der Waals surface area contributed by atoms with Gasteiger partial charge in [-0.05, 0) is 26.0 Å². The van der Waals surface area contributed by atoms with E-state index >= 15 is 0 Å². The molecule has 1 fully saturated rings. The lowest BCUT2D eigenvalue weighted by Crippen LogP contribution is -2.54. The summed E-state index contributed by atoms with van der Waals surface area (Å²) in [6.07, 6.45) is 4.81. The van der Waals surface area contributed by atoms with Gasteiger partial charge >= 0.3 is 0 Å². The van der Waals surface area contributed by atoms with Gasteiger partial charge in [-0.15, -0.1) is 0 Å². The molecule has 0 aromatic carbocycles. The Labute approximate surface area is 101 Å². The lowest BCUT2D eigenvalue weighted by Gasteiger charge is -2.40. The van der Waals surface area contributed by atoms with Crippen LogP contribution >= 0.6 is 11.8 Å². The van der Waals surface area contributed by atoms with E-state index in [0.717, 1.165) is 19.3 Å². The van der Waals surface area contributed by atoms with Crippen molar-refractivity contribution in [2.45, 2.75) is 37.5 Å². The number of hydrogen-bond donors (Lipinski definition) is 3. The summed E-state index contributed by atoms with van der Waals surface area (Å²) < 4.78 is 0. The minimum absolute atomic E-state index is 0.0171. The number of hydrogen-bond acceptors (Lipinski definition) is 4. The van der Waals surface area contributed by atoms with E-state index in [1.807, 2.05) is 13.2 Å². The number of aliphatic hydroxyl groups excluding tert-OH is 1. The summed E-state index contributed by atoms with van der Waals surface area (Å²) in [5, 5.41) is 12.2. The zero-order valence-corrected chi connectivity index (χ0v) is 10.8. The van der Waals surface area contributed by atoms with Gasteiger partial charge in [-0.2, -0.15) is 11.8 Å². The smallest absolute Gasteiger partial charge is 0.227 e. The van der Waals surface area contributed by atoms with Crippen LogP contribution in [0.3, 0.4) is 0 Å². The molecule has 1 amide bonds. The van der Waals surface area contributed by atoms with Crippen molar-refractivity contribution in [3.05, 3.63) is 0 Å². The van der Waals surface area contributed by atoms with Crippen molar-refractivity contribution in [1.29, 1.82) is 0 Å². The van der Waals surface area contributed by atoms with E-state index in [-0.39, 0.29) is 29.2 Å². The van der Waals surface area contributed by atoms with Gasteiger partial charge < -0.3 is 16.2 Å². The van der Waals surface area contributed by atoms with Crippen LogP contribution in [0.25, 0.3) is 0 Å². The van der Waals surface area contributed by atoms with Crippen LogP contribution in [0.15, 0.2) is 0 Å². The predicted octanol–water partition coefficient (Wildman–Crippen LogP) is 0.344. The molecule has 4 nitrogen and oxygen atoms in total. The molecule has 1 rings (SSSR count). The predicted molar refractivity (Wildman–Crippen MR) is 67.3 cm³/mol. The van der Waals surface area contributed by atoms with E-state index in [1.54, 1.807) is 11.8 Å². The standard InChI is InChI=1S/C11H22N2O2S/c1-8(9(6-14)16-2)13-10(15)11(7-12)4-3-5-11/h8-9,14H,3-7,12H2,1-2H3,(H,13,15). The lowest BCUT2D eigenvalue weighted by molar-refractivity contribution is -0.135. The first-order valence-corrected chi connectivity index (χ1v) is 7.03. The Bertz CT molecular complexity index is 235. The Kier molecular flexibility index (Phi) is 5.08. The van der Waals surface area contributed by atoms with Crippen LogP contribution in [0.5, 0.6) is 0 Å². The van der Waals surface area contributed by atoms with Crippen LogP contribution in [-0.4, -0.2) is 41.7 Å². The molecule has 0 aromatic rings. The molecule has 0 aliphatic heterocycles. The maximum Gasteiger partial charge on any atom is 0.227 e. The van der Waals surface area contributed by atoms with Gasteiger partial charge in [0.25, 0.3) is 0 Å². The molecule has 0 spiro atoms. The van der Waals surface area contributed by atoms with Crippen molar-refractivity contribution in [3.8, 4) is 0 Å². The van der Waals surface area contributed by atoms with Gasteiger partial charge in [-0.1, -0.05) is 6.42 Å². The quantitative estimate of drug-likeness (QED) is 0.632. The third kappa shape index (κ3) is 2.70. The molecule has 16 heavy (non-hydrogen) atoms. The van der Waals surface area contributed by atoms with Crippen LogP contribution in [0.2, 0.25) is 0 Å². The van der Waals surface area contributed by atoms with Crippen molar-refractivity contribution >= 4 is 17.7 Å². The van der Waals surface area contributed by atoms with Gasteiger partial charge in [0.15, 0.2) is 0 Å². The van der Waals surface area contributed by atoms with Crippen LogP contribution < -0.4 is 11.1 Å². The van der Waals surface area contributed by atoms with Gasteiger partial charge in [0.2, 0.25) is 5.91 Å². The average Bonchev–Trinajstić information content (AvgIpc) is 2.18. The summed E-state index contributed by atoms with van der Waals surface area (Å²) in [4.78, 5) is 12.0. The molecule has 1 aliphatic rings. The third-order valence-corrected chi connectivity index (χ3v) is 4.75. The summed E-state index contributed by atoms with van der Waals surface area (Å²) in [5.41, 5.74) is 5.34. The van der Waals surface area contributed by atoms with Crippen molar-refractivity contribution in [3.63, 3.8) is 0 Å². The molecule has 5 heteroatoms. The Morgan fingerprint density at radius 1 is 1.62 bits per heavy atom. The lowest BCUT2D eigenvalue weighted by atomic mass is 9.68. The van der Waals surface area contributed by atoms with Gasteiger partial charge in [-0.3, -0.25) is 4.79 Å². The third-order valence-electron chi connectivity index (χ3n) is 3.58. The molecule has 2 unspecified atom stereocenters. The molecule has 1 saturated carbocycles. The monoisotopic (exact) mass is 246 g/mol. The fourth-order valence-electron chi connectivity index (χ4n) is 2.02. The van der Waals surface area contributed by atoms with Crippen LogP contribution in [0.1, 0.15) is 26.2 Å². The van der Waals surface area contributed by atoms with Gasteiger partial charge in [-0.25, -0.2) is 0 Å². The van der Waals surface area contributed by atoms with E-state index < -0.39 is 0 Å². The van der Waals surface area contributed by atoms with E-state index in [1.165, 1.54) is 0 Å². The largest absolute Gasteiger partial charge is 0.395 e. The number of carbonyl (C=O) groups is 1. The highest BCUT2D eigenvalue weighted by Crippen LogP contribution is 2.40. The molecule has 0 radical (unpaired) electrons. The summed E-state index contributed by atoms with van der Waals surface area (Å²) in [6, 6.07) is -0.0171. The summed E-state index contributed by atoms with van der Waals surface area (Å²) in [5.74, 6) is 0.0567. The van der Waals surface area contributed by atoms with E-state index in [0.29, 0.717) is 6.54 Å². The van der Waals surface area contributed by atoms with Gasteiger partial charge in [0, 0.05) is 17.8 Å². The summed E-state index contributed by atoms with van der Waals surface area (Å²) >= 11 is 1.57. The van der Waals surface area contributed by atoms with Crippen molar-refractivity contribution in [2.24, 2.45) is 11.1 Å². The molecule has 0 saturated heterocycles. The van der Waals surface area contributed by atoms with Crippen molar-refractivity contribution < 1.29 is 9.90 Å². The van der Waals surface area contributed by atoms with Crippen LogP contribution in [0, 0.1) is 5.41 Å². The molecule has 0 heterocycles. The fourth-order valence-corrected chi connectivity index (χ4v) is 2.64. The fraction of sp³-hybridized carbons (Fsp3) is 0.909. The first-order valence-electron chi connectivity index (χ1n) is 5.74. The highest BCUT2D eigenvalue weighted by atomic mass is 32.2. The van der Waals surface area contributed by atoms with Gasteiger partial charge in [0.05, 0.1) is 12.0 Å². The van der Waals surface area contributed by atoms with E-state index in [4.69, 9.17) is 10.8 Å². The Morgan fingerprint density at radius 3 is 2.56 bits per heavy atom. The molecule has 2 atom stereocenters. The summed E-state index contributed by atoms with van der Waals surface area (Å²) in [7, 11) is 0. The first-order chi connectivity index (χ1) is 7.59. The maximum atomic E-state index is 12.0. The molecular weight excluding hydrogens is 224 g/mol. The maximum absolute atomic E-state index is 12.0. The molecule has 94 valence electrons. The first kappa shape index (κ1) is 13.8. The second-order valence-corrected chi connectivity index (χ2v) is 5.63. The molecule has 0 aromatic heterocycles. The van der Waals surface area contributed by atoms with Crippen molar-refractivity contribution in [1.82, 2.24) is 5.32 Å². The minimum Gasteiger partial charge on any atom is -0.395 e. The number of nitrogens with two attached hydrogens (primary N) is 1. The van der Waals surface area contributed by atoms with Crippen LogP contribution in [-0.2, 0) is 4.79 Å². The zero-order chi connectivity index (χ0) is 12.2. The SMILES string of the molecule is CSC(CO)C(C)NC(=O)C1(CN)CCC1. The number of nitrogens with one attached hydrogen (secondary N) is 1. The van der Waals surface area contributed by atoms with Gasteiger partial charge in [0.1, 0.15) is 0 Å². The number of rotatable bonds is 6. The number of thioether (sulfide) groups is 1. The van der Waals surface area contributed by atoms with E-state index in [2.05, 4.69) is 5.32 Å². The topological polar surface area (TPSA) is 75.3 Å². The molecule has 4 N–H and O–H groups in total. The molecule has 1 aliphatic carbocycles. The highest BCUT2D eigenvalue weighted by Gasteiger charge is 2.43. The number of carbonyl (C=O) groups excluding carboxylic acids is 1. The van der Waals surface area contributed by atoms with Crippen LogP contribution in [0.4, 0.5) is 0 Å². The molecule has 0 bridgehead atoms.